The lowest BCUT2D eigenvalue weighted by Gasteiger charge is -2.22. The van der Waals surface area contributed by atoms with E-state index in [0.717, 1.165) is 5.56 Å². The summed E-state index contributed by atoms with van der Waals surface area (Å²) in [5.41, 5.74) is 2.93. The fraction of sp³-hybridized carbons (Fsp3) is 0. The van der Waals surface area contributed by atoms with E-state index in [0.29, 0.717) is 37.6 Å². The highest BCUT2D eigenvalue weighted by Gasteiger charge is 2.32. The summed E-state index contributed by atoms with van der Waals surface area (Å²) in [7, 11) is 0. The second-order valence-electron chi connectivity index (χ2n) is 6.43. The van der Waals surface area contributed by atoms with Gasteiger partial charge in [-0.25, -0.2) is 0 Å². The highest BCUT2D eigenvalue weighted by Crippen LogP contribution is 2.40. The fourth-order valence-corrected chi connectivity index (χ4v) is 3.78. The Kier molecular flexibility index (Phi) is 5.37. The third kappa shape index (κ3) is 3.90. The number of rotatable bonds is 3. The number of hydrogen-bond acceptors (Lipinski definition) is 2. The van der Waals surface area contributed by atoms with Gasteiger partial charge in [0, 0.05) is 26.7 Å². The van der Waals surface area contributed by atoms with E-state index in [1.54, 1.807) is 42.5 Å². The standard InChI is InChI=1S/C23H14Cl3NO2/c24-17-7-6-15(19(26)12-17)10-16-11-21(14-4-2-1-3-5-14)27(23(16)29)20-9-8-18(25)13-22(20)28/h1-13,28H/b16-10+. The Bertz CT molecular complexity index is 1170. The van der Waals surface area contributed by atoms with Gasteiger partial charge in [-0.05, 0) is 47.5 Å². The van der Waals surface area contributed by atoms with Crippen molar-refractivity contribution in [2.45, 2.75) is 0 Å². The topological polar surface area (TPSA) is 40.5 Å². The number of halogens is 3. The Balaban J connectivity index is 1.86. The first-order valence-corrected chi connectivity index (χ1v) is 9.84. The molecule has 29 heavy (non-hydrogen) atoms. The molecule has 0 aromatic heterocycles. The van der Waals surface area contributed by atoms with E-state index in [4.69, 9.17) is 34.8 Å². The van der Waals surface area contributed by atoms with E-state index in [1.165, 1.54) is 11.0 Å². The van der Waals surface area contributed by atoms with Crippen molar-refractivity contribution in [3.05, 3.63) is 105 Å². The van der Waals surface area contributed by atoms with Gasteiger partial charge in [0.25, 0.3) is 5.91 Å². The van der Waals surface area contributed by atoms with Crippen LogP contribution < -0.4 is 4.90 Å². The molecule has 1 aliphatic heterocycles. The molecule has 0 radical (unpaired) electrons. The number of amides is 1. The number of benzene rings is 3. The van der Waals surface area contributed by atoms with Crippen LogP contribution in [0.15, 0.2) is 78.4 Å². The second-order valence-corrected chi connectivity index (χ2v) is 7.71. The van der Waals surface area contributed by atoms with Crippen LogP contribution in [0.4, 0.5) is 5.69 Å². The molecular formula is C23H14Cl3NO2. The van der Waals surface area contributed by atoms with Gasteiger partial charge in [0.05, 0.1) is 11.4 Å². The van der Waals surface area contributed by atoms with E-state index in [1.807, 2.05) is 30.3 Å². The Morgan fingerprint density at radius 3 is 2.24 bits per heavy atom. The first-order chi connectivity index (χ1) is 13.9. The summed E-state index contributed by atoms with van der Waals surface area (Å²) in [6.45, 7) is 0. The van der Waals surface area contributed by atoms with Gasteiger partial charge >= 0.3 is 0 Å². The molecule has 1 heterocycles. The van der Waals surface area contributed by atoms with Gasteiger partial charge in [0.2, 0.25) is 0 Å². The Hall–Kier alpha value is -2.72. The van der Waals surface area contributed by atoms with Gasteiger partial charge in [-0.3, -0.25) is 9.69 Å². The van der Waals surface area contributed by atoms with E-state index < -0.39 is 0 Å². The predicted octanol–water partition coefficient (Wildman–Crippen LogP) is 6.82. The van der Waals surface area contributed by atoms with Crippen LogP contribution in [-0.2, 0) is 4.79 Å². The van der Waals surface area contributed by atoms with E-state index >= 15 is 0 Å². The molecule has 0 spiro atoms. The summed E-state index contributed by atoms with van der Waals surface area (Å²) in [5.74, 6) is -0.369. The fourth-order valence-electron chi connectivity index (χ4n) is 3.15. The van der Waals surface area contributed by atoms with E-state index in [9.17, 15) is 9.90 Å². The molecule has 0 saturated heterocycles. The van der Waals surface area contributed by atoms with E-state index in [2.05, 4.69) is 0 Å². The minimum absolute atomic E-state index is 0.0848. The second kappa shape index (κ2) is 7.96. The highest BCUT2D eigenvalue weighted by molar-refractivity contribution is 6.36. The zero-order valence-corrected chi connectivity index (χ0v) is 17.2. The van der Waals surface area contributed by atoms with Crippen LogP contribution in [0, 0.1) is 0 Å². The van der Waals surface area contributed by atoms with Crippen LogP contribution in [0.5, 0.6) is 5.75 Å². The van der Waals surface area contributed by atoms with Crippen molar-refractivity contribution in [2.24, 2.45) is 0 Å². The maximum atomic E-state index is 13.3. The van der Waals surface area contributed by atoms with Gasteiger partial charge in [-0.15, -0.1) is 0 Å². The largest absolute Gasteiger partial charge is 0.506 e. The van der Waals surface area contributed by atoms with Gasteiger partial charge in [0.1, 0.15) is 5.75 Å². The molecule has 4 rings (SSSR count). The molecule has 0 aliphatic carbocycles. The Morgan fingerprint density at radius 2 is 1.55 bits per heavy atom. The lowest BCUT2D eigenvalue weighted by molar-refractivity contribution is -0.113. The van der Waals surface area contributed by atoms with Gasteiger partial charge < -0.3 is 5.11 Å². The smallest absolute Gasteiger partial charge is 0.263 e. The average Bonchev–Trinajstić information content (AvgIpc) is 3.01. The minimum Gasteiger partial charge on any atom is -0.506 e. The number of nitrogens with zero attached hydrogens (tertiary/aromatic N) is 1. The lowest BCUT2D eigenvalue weighted by atomic mass is 10.1. The zero-order chi connectivity index (χ0) is 20.5. The SMILES string of the molecule is O=C1/C(=C/c2ccc(Cl)cc2Cl)C=C(c2ccccc2)N1c1ccc(Cl)cc1O. The van der Waals surface area contributed by atoms with Crippen molar-refractivity contribution >= 4 is 58.2 Å². The Labute approximate surface area is 183 Å². The monoisotopic (exact) mass is 441 g/mol. The number of carbonyl (C=O) groups is 1. The molecule has 0 fully saturated rings. The summed E-state index contributed by atoms with van der Waals surface area (Å²) in [5, 5.41) is 11.8. The summed E-state index contributed by atoms with van der Waals surface area (Å²) < 4.78 is 0. The predicted molar refractivity (Wildman–Crippen MR) is 119 cm³/mol. The Morgan fingerprint density at radius 1 is 0.862 bits per heavy atom. The van der Waals surface area contributed by atoms with Crippen molar-refractivity contribution in [3.63, 3.8) is 0 Å². The molecule has 3 aromatic rings. The third-order valence-corrected chi connectivity index (χ3v) is 5.30. The molecule has 1 N–H and O–H groups in total. The molecule has 0 atom stereocenters. The average molecular weight is 443 g/mol. The van der Waals surface area contributed by atoms with Crippen molar-refractivity contribution < 1.29 is 9.90 Å². The number of phenols is 1. The van der Waals surface area contributed by atoms with Crippen LogP contribution >= 0.6 is 34.8 Å². The maximum absolute atomic E-state index is 13.3. The molecule has 0 saturated carbocycles. The zero-order valence-electron chi connectivity index (χ0n) is 14.9. The normalized spacial score (nSPS) is 15.1. The number of phenolic OH excluding ortho intramolecular Hbond substituents is 1. The quantitative estimate of drug-likeness (QED) is 0.452. The highest BCUT2D eigenvalue weighted by atomic mass is 35.5. The molecule has 3 aromatic carbocycles. The molecule has 1 amide bonds. The first-order valence-electron chi connectivity index (χ1n) is 8.71. The molecular weight excluding hydrogens is 429 g/mol. The van der Waals surface area contributed by atoms with E-state index in [-0.39, 0.29) is 11.7 Å². The van der Waals surface area contributed by atoms with Gasteiger partial charge in [-0.2, -0.15) is 0 Å². The van der Waals surface area contributed by atoms with Crippen molar-refractivity contribution in [2.75, 3.05) is 4.90 Å². The number of aromatic hydroxyl groups is 1. The van der Waals surface area contributed by atoms with Crippen LogP contribution in [-0.4, -0.2) is 11.0 Å². The minimum atomic E-state index is -0.285. The van der Waals surface area contributed by atoms with Crippen LogP contribution in [0.3, 0.4) is 0 Å². The summed E-state index contributed by atoms with van der Waals surface area (Å²) in [4.78, 5) is 14.8. The number of hydrogen-bond donors (Lipinski definition) is 1. The molecule has 144 valence electrons. The summed E-state index contributed by atoms with van der Waals surface area (Å²) >= 11 is 18.2. The molecule has 6 heteroatoms. The van der Waals surface area contributed by atoms with Gasteiger partial charge in [-0.1, -0.05) is 71.2 Å². The number of carbonyl (C=O) groups excluding carboxylic acids is 1. The maximum Gasteiger partial charge on any atom is 0.263 e. The first kappa shape index (κ1) is 19.6. The molecule has 0 bridgehead atoms. The van der Waals surface area contributed by atoms with Crippen molar-refractivity contribution in [1.29, 1.82) is 0 Å². The summed E-state index contributed by atoms with van der Waals surface area (Å²) in [6, 6.07) is 19.2. The van der Waals surface area contributed by atoms with Crippen LogP contribution in [0.25, 0.3) is 11.8 Å². The molecule has 3 nitrogen and oxygen atoms in total. The lowest BCUT2D eigenvalue weighted by Crippen LogP contribution is -2.25. The van der Waals surface area contributed by atoms with Crippen LogP contribution in [0.2, 0.25) is 15.1 Å². The van der Waals surface area contributed by atoms with Gasteiger partial charge in [0.15, 0.2) is 0 Å². The number of anilines is 1. The molecule has 1 aliphatic rings. The summed E-state index contributed by atoms with van der Waals surface area (Å²) in [6.07, 6.45) is 3.48. The molecule has 0 unspecified atom stereocenters. The van der Waals surface area contributed by atoms with Crippen molar-refractivity contribution in [1.82, 2.24) is 0 Å². The van der Waals surface area contributed by atoms with Crippen LogP contribution in [0.1, 0.15) is 11.1 Å². The third-order valence-electron chi connectivity index (χ3n) is 4.50. The van der Waals surface area contributed by atoms with Crippen molar-refractivity contribution in [3.8, 4) is 5.75 Å².